The number of piperidine rings is 1. The number of rotatable bonds is 6. The van der Waals surface area contributed by atoms with Gasteiger partial charge in [-0.05, 0) is 61.2 Å². The van der Waals surface area contributed by atoms with Crippen molar-refractivity contribution >= 4 is 30.1 Å². The lowest BCUT2D eigenvalue weighted by Crippen LogP contribution is -2.42. The summed E-state index contributed by atoms with van der Waals surface area (Å²) in [5.41, 5.74) is 2.19. The van der Waals surface area contributed by atoms with Crippen molar-refractivity contribution < 1.29 is 4.79 Å². The van der Waals surface area contributed by atoms with E-state index in [1.807, 2.05) is 30.0 Å². The molecule has 26 heavy (non-hydrogen) atoms. The number of amides is 1. The molecule has 1 saturated heterocycles. The van der Waals surface area contributed by atoms with Crippen LogP contribution in [0.15, 0.2) is 59.5 Å². The van der Waals surface area contributed by atoms with E-state index < -0.39 is 0 Å². The van der Waals surface area contributed by atoms with Crippen LogP contribution >= 0.6 is 24.2 Å². The summed E-state index contributed by atoms with van der Waals surface area (Å²) in [5.74, 6) is 0.943. The Kier molecular flexibility index (Phi) is 8.01. The zero-order valence-corrected chi connectivity index (χ0v) is 16.8. The minimum atomic E-state index is 0. The average molecular weight is 391 g/mol. The average Bonchev–Trinajstić information content (AvgIpc) is 2.66. The van der Waals surface area contributed by atoms with E-state index in [9.17, 15) is 4.79 Å². The Morgan fingerprint density at radius 3 is 2.38 bits per heavy atom. The third kappa shape index (κ3) is 6.04. The molecule has 0 saturated carbocycles. The zero-order chi connectivity index (χ0) is 17.5. The highest BCUT2D eigenvalue weighted by Crippen LogP contribution is 2.27. The SMILES string of the molecule is CC1(CNC(=O)c2ccc(CSc3ccccc3)cc2)CCNCC1.Cl. The van der Waals surface area contributed by atoms with Crippen molar-refractivity contribution in [3.63, 3.8) is 0 Å². The van der Waals surface area contributed by atoms with Crippen LogP contribution in [-0.2, 0) is 5.75 Å². The van der Waals surface area contributed by atoms with E-state index in [-0.39, 0.29) is 23.7 Å². The summed E-state index contributed by atoms with van der Waals surface area (Å²) in [6.07, 6.45) is 2.23. The molecule has 0 radical (unpaired) electrons. The van der Waals surface area contributed by atoms with Crippen molar-refractivity contribution in [2.45, 2.75) is 30.4 Å². The van der Waals surface area contributed by atoms with Crippen LogP contribution in [0.2, 0.25) is 0 Å². The fourth-order valence-electron chi connectivity index (χ4n) is 3.04. The normalized spacial score (nSPS) is 15.7. The van der Waals surface area contributed by atoms with E-state index in [0.29, 0.717) is 0 Å². The Balaban J connectivity index is 0.00000243. The molecule has 1 amide bonds. The highest BCUT2D eigenvalue weighted by atomic mass is 35.5. The maximum atomic E-state index is 12.4. The van der Waals surface area contributed by atoms with Crippen LogP contribution in [-0.4, -0.2) is 25.5 Å². The Bertz CT molecular complexity index is 685. The lowest BCUT2D eigenvalue weighted by Gasteiger charge is -2.34. The fourth-order valence-corrected chi connectivity index (χ4v) is 3.91. The minimum absolute atomic E-state index is 0. The summed E-state index contributed by atoms with van der Waals surface area (Å²) in [4.78, 5) is 13.7. The molecule has 0 unspecified atom stereocenters. The number of nitrogens with one attached hydrogen (secondary N) is 2. The molecule has 2 aromatic rings. The lowest BCUT2D eigenvalue weighted by molar-refractivity contribution is 0.0922. The van der Waals surface area contributed by atoms with E-state index in [0.717, 1.165) is 43.8 Å². The van der Waals surface area contributed by atoms with Crippen LogP contribution in [0, 0.1) is 5.41 Å². The van der Waals surface area contributed by atoms with E-state index in [1.54, 1.807) is 0 Å². The maximum Gasteiger partial charge on any atom is 0.251 e. The van der Waals surface area contributed by atoms with Gasteiger partial charge in [0.2, 0.25) is 0 Å². The zero-order valence-electron chi connectivity index (χ0n) is 15.2. The number of carbonyl (C=O) groups excluding carboxylic acids is 1. The van der Waals surface area contributed by atoms with Gasteiger partial charge in [-0.25, -0.2) is 0 Å². The Labute approximate surface area is 166 Å². The van der Waals surface area contributed by atoms with Crippen LogP contribution in [0.5, 0.6) is 0 Å². The van der Waals surface area contributed by atoms with Gasteiger partial charge in [-0.1, -0.05) is 37.3 Å². The second kappa shape index (κ2) is 10.0. The van der Waals surface area contributed by atoms with Crippen molar-refractivity contribution in [3.05, 3.63) is 65.7 Å². The monoisotopic (exact) mass is 390 g/mol. The first-order valence-electron chi connectivity index (χ1n) is 8.90. The molecule has 5 heteroatoms. The van der Waals surface area contributed by atoms with E-state index in [2.05, 4.69) is 54.0 Å². The van der Waals surface area contributed by atoms with Crippen molar-refractivity contribution in [1.82, 2.24) is 10.6 Å². The van der Waals surface area contributed by atoms with Crippen LogP contribution in [0.25, 0.3) is 0 Å². The molecule has 0 spiro atoms. The van der Waals surface area contributed by atoms with Crippen LogP contribution in [0.4, 0.5) is 0 Å². The molecule has 1 aliphatic rings. The number of hydrogen-bond donors (Lipinski definition) is 2. The van der Waals surface area contributed by atoms with E-state index >= 15 is 0 Å². The van der Waals surface area contributed by atoms with Crippen LogP contribution < -0.4 is 10.6 Å². The van der Waals surface area contributed by atoms with Crippen molar-refractivity contribution in [3.8, 4) is 0 Å². The first-order valence-corrected chi connectivity index (χ1v) is 9.89. The summed E-state index contributed by atoms with van der Waals surface area (Å²) in [7, 11) is 0. The van der Waals surface area contributed by atoms with Crippen LogP contribution in [0.1, 0.15) is 35.7 Å². The molecule has 1 fully saturated rings. The molecule has 140 valence electrons. The fraction of sp³-hybridized carbons (Fsp3) is 0.381. The van der Waals surface area contributed by atoms with E-state index in [1.165, 1.54) is 10.5 Å². The predicted molar refractivity (Wildman–Crippen MR) is 112 cm³/mol. The van der Waals surface area contributed by atoms with Gasteiger partial charge in [0.25, 0.3) is 5.91 Å². The summed E-state index contributed by atoms with van der Waals surface area (Å²) in [6.45, 7) is 5.09. The third-order valence-corrected chi connectivity index (χ3v) is 5.93. The number of halogens is 1. The van der Waals surface area contributed by atoms with Gasteiger partial charge < -0.3 is 10.6 Å². The molecule has 0 atom stereocenters. The Morgan fingerprint density at radius 2 is 1.73 bits per heavy atom. The molecule has 0 aromatic heterocycles. The molecule has 3 nitrogen and oxygen atoms in total. The summed E-state index contributed by atoms with van der Waals surface area (Å²) < 4.78 is 0. The standard InChI is InChI=1S/C21H26N2OS.ClH/c1-21(11-13-22-14-12-21)16-23-20(24)18-9-7-17(8-10-18)15-25-19-5-3-2-4-6-19;/h2-10,22H,11-16H2,1H3,(H,23,24);1H. The molecular formula is C21H27ClN2OS. The van der Waals surface area contributed by atoms with Crippen molar-refractivity contribution in [2.24, 2.45) is 5.41 Å². The summed E-state index contributed by atoms with van der Waals surface area (Å²) >= 11 is 1.81. The molecule has 2 N–H and O–H groups in total. The second-order valence-corrected chi connectivity index (χ2v) is 8.09. The van der Waals surface area contributed by atoms with E-state index in [4.69, 9.17) is 0 Å². The largest absolute Gasteiger partial charge is 0.351 e. The van der Waals surface area contributed by atoms with Gasteiger partial charge >= 0.3 is 0 Å². The first-order chi connectivity index (χ1) is 12.1. The minimum Gasteiger partial charge on any atom is -0.351 e. The van der Waals surface area contributed by atoms with Gasteiger partial charge in [0.15, 0.2) is 0 Å². The molecular weight excluding hydrogens is 364 g/mol. The van der Waals surface area contributed by atoms with Gasteiger partial charge in [0, 0.05) is 22.8 Å². The van der Waals surface area contributed by atoms with Gasteiger partial charge in [0.1, 0.15) is 0 Å². The molecule has 0 aliphatic carbocycles. The molecule has 3 rings (SSSR count). The molecule has 2 aromatic carbocycles. The number of thioether (sulfide) groups is 1. The maximum absolute atomic E-state index is 12.4. The second-order valence-electron chi connectivity index (χ2n) is 7.04. The Hall–Kier alpha value is -1.49. The number of hydrogen-bond acceptors (Lipinski definition) is 3. The van der Waals surface area contributed by atoms with Gasteiger partial charge in [-0.15, -0.1) is 24.2 Å². The van der Waals surface area contributed by atoms with Crippen molar-refractivity contribution in [2.75, 3.05) is 19.6 Å². The van der Waals surface area contributed by atoms with Gasteiger partial charge in [0.05, 0.1) is 0 Å². The molecule has 1 heterocycles. The number of benzene rings is 2. The quantitative estimate of drug-likeness (QED) is 0.712. The summed E-state index contributed by atoms with van der Waals surface area (Å²) in [6, 6.07) is 18.3. The van der Waals surface area contributed by atoms with Gasteiger partial charge in [-0.2, -0.15) is 0 Å². The molecule has 0 bridgehead atoms. The van der Waals surface area contributed by atoms with Crippen molar-refractivity contribution in [1.29, 1.82) is 0 Å². The number of carbonyl (C=O) groups is 1. The first kappa shape index (κ1) is 20.8. The molecule has 1 aliphatic heterocycles. The smallest absolute Gasteiger partial charge is 0.251 e. The topological polar surface area (TPSA) is 41.1 Å². The predicted octanol–water partition coefficient (Wildman–Crippen LogP) is 4.52. The third-order valence-electron chi connectivity index (χ3n) is 4.85. The summed E-state index contributed by atoms with van der Waals surface area (Å²) in [5, 5.41) is 6.49. The van der Waals surface area contributed by atoms with Crippen LogP contribution in [0.3, 0.4) is 0 Å². The highest BCUT2D eigenvalue weighted by Gasteiger charge is 2.27. The van der Waals surface area contributed by atoms with Gasteiger partial charge in [-0.3, -0.25) is 4.79 Å². The highest BCUT2D eigenvalue weighted by molar-refractivity contribution is 7.98. The lowest BCUT2D eigenvalue weighted by atomic mass is 9.81. The Morgan fingerprint density at radius 1 is 1.08 bits per heavy atom.